The van der Waals surface area contributed by atoms with Crippen molar-refractivity contribution in [2.45, 2.75) is 13.5 Å². The summed E-state index contributed by atoms with van der Waals surface area (Å²) in [7, 11) is 0. The molecule has 4 aromatic heterocycles. The lowest BCUT2D eigenvalue weighted by Crippen LogP contribution is -2.23. The van der Waals surface area contributed by atoms with Gasteiger partial charge in [-0.15, -0.1) is 6.58 Å². The summed E-state index contributed by atoms with van der Waals surface area (Å²) in [6, 6.07) is 11.1. The molecule has 142 valence electrons. The van der Waals surface area contributed by atoms with E-state index in [-0.39, 0.29) is 5.56 Å². The summed E-state index contributed by atoms with van der Waals surface area (Å²) in [5.74, 6) is 1.13. The van der Waals surface area contributed by atoms with Crippen molar-refractivity contribution >= 4 is 39.4 Å². The van der Waals surface area contributed by atoms with Gasteiger partial charge in [0.2, 0.25) is 0 Å². The zero-order valence-electron chi connectivity index (χ0n) is 15.6. The first-order chi connectivity index (χ1) is 14.2. The van der Waals surface area contributed by atoms with E-state index in [1.54, 1.807) is 46.9 Å². The summed E-state index contributed by atoms with van der Waals surface area (Å²) < 4.78 is 8.43. The average Bonchev–Trinajstić information content (AvgIpc) is 3.34. The molecule has 0 aliphatic carbocycles. The first-order valence-electron chi connectivity index (χ1n) is 9.04. The molecule has 0 spiro atoms. The Morgan fingerprint density at radius 2 is 1.90 bits per heavy atom. The fourth-order valence-corrected chi connectivity index (χ4v) is 3.35. The maximum Gasteiger partial charge on any atom is 0.265 e. The highest BCUT2D eigenvalue weighted by Crippen LogP contribution is 2.25. The van der Waals surface area contributed by atoms with E-state index < -0.39 is 0 Å². The van der Waals surface area contributed by atoms with Gasteiger partial charge in [0, 0.05) is 6.54 Å². The van der Waals surface area contributed by atoms with Crippen molar-refractivity contribution in [3.05, 3.63) is 77.3 Å². The molecule has 1 aromatic carbocycles. The van der Waals surface area contributed by atoms with Crippen LogP contribution < -0.4 is 5.56 Å². The van der Waals surface area contributed by atoms with Crippen LogP contribution in [0.1, 0.15) is 11.6 Å². The third kappa shape index (κ3) is 2.65. The van der Waals surface area contributed by atoms with Crippen LogP contribution in [-0.2, 0) is 6.54 Å². The number of hydrogen-bond acceptors (Lipinski definition) is 6. The van der Waals surface area contributed by atoms with Crippen molar-refractivity contribution in [2.24, 2.45) is 5.10 Å². The average molecular weight is 384 g/mol. The van der Waals surface area contributed by atoms with E-state index in [2.05, 4.69) is 16.7 Å². The maximum atomic E-state index is 13.3. The molecule has 4 heterocycles. The lowest BCUT2D eigenvalue weighted by molar-refractivity contribution is 0.559. The van der Waals surface area contributed by atoms with Crippen LogP contribution in [0.3, 0.4) is 0 Å². The Bertz CT molecular complexity index is 1470. The summed E-state index contributed by atoms with van der Waals surface area (Å²) in [6.07, 6.45) is 4.79. The van der Waals surface area contributed by atoms with Crippen molar-refractivity contribution in [3.63, 3.8) is 0 Å². The van der Waals surface area contributed by atoms with E-state index >= 15 is 0 Å². The first kappa shape index (κ1) is 17.1. The standard InChI is InChI=1S/C21H16N6O2/c1-3-10-26-13(2)23-19-17(21(26)28)18-20(25-16-9-5-4-8-15(16)24-18)27(19)22-12-14-7-6-11-29-14/h3-9,11-12H,1,10H2,2H3. The first-order valence-corrected chi connectivity index (χ1v) is 9.04. The Hall–Kier alpha value is -4.07. The van der Waals surface area contributed by atoms with Crippen LogP contribution in [0.15, 0.2) is 69.6 Å². The Morgan fingerprint density at radius 1 is 1.10 bits per heavy atom. The van der Waals surface area contributed by atoms with E-state index in [9.17, 15) is 4.79 Å². The van der Waals surface area contributed by atoms with Crippen LogP contribution in [0.25, 0.3) is 33.2 Å². The third-order valence-corrected chi connectivity index (χ3v) is 4.69. The van der Waals surface area contributed by atoms with Crippen molar-refractivity contribution in [3.8, 4) is 0 Å². The minimum atomic E-state index is -0.200. The molecular formula is C21H16N6O2. The molecule has 29 heavy (non-hydrogen) atoms. The SMILES string of the molecule is C=CCn1c(C)nc2c(c1=O)c1nc3ccccc3nc1n2N=Cc1ccco1. The van der Waals surface area contributed by atoms with Gasteiger partial charge in [0.05, 0.1) is 23.5 Å². The molecule has 8 heteroatoms. The smallest absolute Gasteiger partial charge is 0.265 e. The van der Waals surface area contributed by atoms with E-state index in [0.717, 1.165) is 0 Å². The van der Waals surface area contributed by atoms with Crippen LogP contribution in [0, 0.1) is 6.92 Å². The van der Waals surface area contributed by atoms with Gasteiger partial charge in [-0.2, -0.15) is 9.78 Å². The number of hydrogen-bond donors (Lipinski definition) is 0. The quantitative estimate of drug-likeness (QED) is 0.350. The van der Waals surface area contributed by atoms with Gasteiger partial charge >= 0.3 is 0 Å². The number of fused-ring (bicyclic) bond motifs is 4. The highest BCUT2D eigenvalue weighted by atomic mass is 16.3. The molecule has 5 rings (SSSR count). The van der Waals surface area contributed by atoms with E-state index in [0.29, 0.717) is 51.4 Å². The number of benzene rings is 1. The number of allylic oxidation sites excluding steroid dienone is 1. The number of rotatable bonds is 4. The minimum absolute atomic E-state index is 0.200. The Balaban J connectivity index is 1.93. The number of aryl methyl sites for hydroxylation is 1. The number of furan rings is 1. The largest absolute Gasteiger partial charge is 0.463 e. The topological polar surface area (TPSA) is 91.1 Å². The molecule has 0 atom stereocenters. The van der Waals surface area contributed by atoms with Crippen molar-refractivity contribution in [1.82, 2.24) is 24.2 Å². The van der Waals surface area contributed by atoms with Crippen LogP contribution >= 0.6 is 0 Å². The molecular weight excluding hydrogens is 368 g/mol. The molecule has 8 nitrogen and oxygen atoms in total. The van der Waals surface area contributed by atoms with Gasteiger partial charge in [0.25, 0.3) is 5.56 Å². The second kappa shape index (κ2) is 6.52. The van der Waals surface area contributed by atoms with E-state index in [1.807, 2.05) is 24.3 Å². The molecule has 0 radical (unpaired) electrons. The Labute approximate surface area is 164 Å². The second-order valence-electron chi connectivity index (χ2n) is 6.52. The van der Waals surface area contributed by atoms with Crippen LogP contribution in [0.2, 0.25) is 0 Å². The fraction of sp³-hybridized carbons (Fsp3) is 0.0952. The van der Waals surface area contributed by atoms with E-state index in [1.165, 1.54) is 0 Å². The lowest BCUT2D eigenvalue weighted by atomic mass is 10.3. The predicted octanol–water partition coefficient (Wildman–Crippen LogP) is 3.26. The van der Waals surface area contributed by atoms with Crippen molar-refractivity contribution < 1.29 is 4.42 Å². The number of para-hydroxylation sites is 2. The predicted molar refractivity (Wildman–Crippen MR) is 111 cm³/mol. The molecule has 0 fully saturated rings. The molecule has 0 N–H and O–H groups in total. The lowest BCUT2D eigenvalue weighted by Gasteiger charge is -2.06. The van der Waals surface area contributed by atoms with Gasteiger partial charge in [-0.1, -0.05) is 18.2 Å². The summed E-state index contributed by atoms with van der Waals surface area (Å²) in [5.41, 5.74) is 2.53. The summed E-state index contributed by atoms with van der Waals surface area (Å²) in [4.78, 5) is 27.3. The van der Waals surface area contributed by atoms with Crippen LogP contribution in [-0.4, -0.2) is 30.4 Å². The fourth-order valence-electron chi connectivity index (χ4n) is 3.35. The monoisotopic (exact) mass is 384 g/mol. The van der Waals surface area contributed by atoms with E-state index in [4.69, 9.17) is 14.4 Å². The zero-order valence-corrected chi connectivity index (χ0v) is 15.6. The van der Waals surface area contributed by atoms with Gasteiger partial charge in [0.1, 0.15) is 22.5 Å². The normalized spacial score (nSPS) is 11.9. The number of nitrogens with zero attached hydrogens (tertiary/aromatic N) is 6. The highest BCUT2D eigenvalue weighted by molar-refractivity contribution is 6.04. The minimum Gasteiger partial charge on any atom is -0.463 e. The molecule has 0 aliphatic heterocycles. The third-order valence-electron chi connectivity index (χ3n) is 4.69. The zero-order chi connectivity index (χ0) is 20.0. The second-order valence-corrected chi connectivity index (χ2v) is 6.52. The Morgan fingerprint density at radius 3 is 2.62 bits per heavy atom. The van der Waals surface area contributed by atoms with Gasteiger partial charge in [-0.25, -0.2) is 15.0 Å². The summed E-state index contributed by atoms with van der Waals surface area (Å²) >= 11 is 0. The molecule has 0 aliphatic rings. The van der Waals surface area contributed by atoms with Gasteiger partial charge in [-0.05, 0) is 31.2 Å². The maximum absolute atomic E-state index is 13.3. The molecule has 0 bridgehead atoms. The number of aromatic nitrogens is 5. The van der Waals surface area contributed by atoms with Crippen LogP contribution in [0.4, 0.5) is 0 Å². The van der Waals surface area contributed by atoms with Gasteiger partial charge in [-0.3, -0.25) is 9.36 Å². The van der Waals surface area contributed by atoms with Crippen molar-refractivity contribution in [2.75, 3.05) is 0 Å². The Kier molecular flexibility index (Phi) is 3.83. The summed E-state index contributed by atoms with van der Waals surface area (Å²) in [5, 5.41) is 4.87. The molecule has 0 amide bonds. The van der Waals surface area contributed by atoms with Crippen molar-refractivity contribution in [1.29, 1.82) is 0 Å². The molecule has 5 aromatic rings. The summed E-state index contributed by atoms with van der Waals surface area (Å²) in [6.45, 7) is 5.87. The van der Waals surface area contributed by atoms with Gasteiger partial charge < -0.3 is 4.42 Å². The van der Waals surface area contributed by atoms with Crippen LogP contribution in [0.5, 0.6) is 0 Å². The molecule has 0 saturated heterocycles. The molecule has 0 saturated carbocycles. The van der Waals surface area contributed by atoms with Gasteiger partial charge in [0.15, 0.2) is 11.3 Å². The highest BCUT2D eigenvalue weighted by Gasteiger charge is 2.20. The molecule has 0 unspecified atom stereocenters.